The zero-order valence-electron chi connectivity index (χ0n) is 12.8. The molecule has 0 aliphatic carbocycles. The number of carbonyl (C=O) groups excluding carboxylic acids is 1. The Labute approximate surface area is 125 Å². The van der Waals surface area contributed by atoms with Gasteiger partial charge in [0.15, 0.2) is 0 Å². The predicted molar refractivity (Wildman–Crippen MR) is 82.5 cm³/mol. The number of methoxy groups -OCH3 is 1. The lowest BCUT2D eigenvalue weighted by atomic mass is 9.98. The van der Waals surface area contributed by atoms with E-state index in [1.54, 1.807) is 7.11 Å². The van der Waals surface area contributed by atoms with Gasteiger partial charge in [-0.2, -0.15) is 0 Å². The Kier molecular flexibility index (Phi) is 5.20. The van der Waals surface area contributed by atoms with Gasteiger partial charge in [0.05, 0.1) is 24.9 Å². The lowest BCUT2D eigenvalue weighted by molar-refractivity contribution is -0.117. The standard InChI is InChI=1S/C16H24N2O3/c1-16(20)8-5-10-18(11-9-16)12-15(19)17-13-6-3-4-7-14(13)21-2/h3-4,6-7,20H,5,8-12H2,1-2H3,(H,17,19). The van der Waals surface area contributed by atoms with Crippen molar-refractivity contribution in [2.24, 2.45) is 0 Å². The summed E-state index contributed by atoms with van der Waals surface area (Å²) in [5.74, 6) is 0.602. The van der Waals surface area contributed by atoms with Crippen molar-refractivity contribution in [3.63, 3.8) is 0 Å². The number of hydrogen-bond donors (Lipinski definition) is 2. The second-order valence-electron chi connectivity index (χ2n) is 5.88. The molecule has 0 bridgehead atoms. The number of anilines is 1. The van der Waals surface area contributed by atoms with Crippen LogP contribution in [0.5, 0.6) is 5.75 Å². The number of ether oxygens (including phenoxy) is 1. The molecule has 1 amide bonds. The summed E-state index contributed by atoms with van der Waals surface area (Å²) in [6.07, 6.45) is 2.40. The topological polar surface area (TPSA) is 61.8 Å². The van der Waals surface area contributed by atoms with Crippen LogP contribution in [0.3, 0.4) is 0 Å². The van der Waals surface area contributed by atoms with Gasteiger partial charge in [-0.05, 0) is 44.9 Å². The second-order valence-corrected chi connectivity index (χ2v) is 5.88. The summed E-state index contributed by atoms with van der Waals surface area (Å²) >= 11 is 0. The van der Waals surface area contributed by atoms with E-state index >= 15 is 0 Å². The molecule has 1 saturated heterocycles. The molecule has 2 N–H and O–H groups in total. The van der Waals surface area contributed by atoms with E-state index in [2.05, 4.69) is 10.2 Å². The van der Waals surface area contributed by atoms with E-state index in [0.29, 0.717) is 24.4 Å². The number of nitrogens with one attached hydrogen (secondary N) is 1. The number of carbonyl (C=O) groups is 1. The zero-order chi connectivity index (χ0) is 15.3. The smallest absolute Gasteiger partial charge is 0.238 e. The van der Waals surface area contributed by atoms with E-state index < -0.39 is 5.60 Å². The van der Waals surface area contributed by atoms with Crippen molar-refractivity contribution in [3.8, 4) is 5.75 Å². The first-order chi connectivity index (χ1) is 10.00. The van der Waals surface area contributed by atoms with Gasteiger partial charge in [0.2, 0.25) is 5.91 Å². The van der Waals surface area contributed by atoms with Crippen molar-refractivity contribution in [1.82, 2.24) is 4.90 Å². The lowest BCUT2D eigenvalue weighted by Gasteiger charge is -2.22. The number of nitrogens with zero attached hydrogens (tertiary/aromatic N) is 1. The molecule has 1 atom stereocenters. The van der Waals surface area contributed by atoms with Crippen molar-refractivity contribution in [2.45, 2.75) is 31.8 Å². The Morgan fingerprint density at radius 2 is 2.14 bits per heavy atom. The minimum atomic E-state index is -0.603. The van der Waals surface area contributed by atoms with Crippen LogP contribution in [0.1, 0.15) is 26.2 Å². The number of benzene rings is 1. The van der Waals surface area contributed by atoms with Crippen LogP contribution in [0, 0.1) is 0 Å². The van der Waals surface area contributed by atoms with Crippen LogP contribution in [-0.2, 0) is 4.79 Å². The molecule has 21 heavy (non-hydrogen) atoms. The monoisotopic (exact) mass is 292 g/mol. The summed E-state index contributed by atoms with van der Waals surface area (Å²) in [4.78, 5) is 14.2. The zero-order valence-corrected chi connectivity index (χ0v) is 12.8. The molecular weight excluding hydrogens is 268 g/mol. The van der Waals surface area contributed by atoms with Crippen molar-refractivity contribution in [1.29, 1.82) is 0 Å². The fourth-order valence-corrected chi connectivity index (χ4v) is 2.62. The molecule has 1 aromatic rings. The summed E-state index contributed by atoms with van der Waals surface area (Å²) in [5, 5.41) is 12.9. The average Bonchev–Trinajstić information content (AvgIpc) is 2.61. The van der Waals surface area contributed by atoms with E-state index in [-0.39, 0.29) is 5.91 Å². The van der Waals surface area contributed by atoms with Gasteiger partial charge in [-0.25, -0.2) is 0 Å². The third-order valence-corrected chi connectivity index (χ3v) is 3.90. The lowest BCUT2D eigenvalue weighted by Crippen LogP contribution is -2.35. The largest absolute Gasteiger partial charge is 0.495 e. The Balaban J connectivity index is 1.90. The minimum Gasteiger partial charge on any atom is -0.495 e. The maximum absolute atomic E-state index is 12.2. The molecule has 116 valence electrons. The molecule has 0 saturated carbocycles. The van der Waals surface area contributed by atoms with Crippen LogP contribution < -0.4 is 10.1 Å². The third-order valence-electron chi connectivity index (χ3n) is 3.90. The fraction of sp³-hybridized carbons (Fsp3) is 0.562. The van der Waals surface area contributed by atoms with Gasteiger partial charge in [-0.3, -0.25) is 9.69 Å². The summed E-state index contributed by atoms with van der Waals surface area (Å²) in [6, 6.07) is 7.37. The molecule has 2 rings (SSSR count). The second kappa shape index (κ2) is 6.91. The molecule has 5 nitrogen and oxygen atoms in total. The molecule has 0 aromatic heterocycles. The Morgan fingerprint density at radius 1 is 1.38 bits per heavy atom. The highest BCUT2D eigenvalue weighted by Crippen LogP contribution is 2.24. The Bertz CT molecular complexity index is 488. The molecule has 1 unspecified atom stereocenters. The van der Waals surface area contributed by atoms with Crippen LogP contribution in [0.2, 0.25) is 0 Å². The number of hydrogen-bond acceptors (Lipinski definition) is 4. The molecule has 0 radical (unpaired) electrons. The Hall–Kier alpha value is -1.59. The number of likely N-dealkylation sites (tertiary alicyclic amines) is 1. The van der Waals surface area contributed by atoms with Crippen molar-refractivity contribution in [3.05, 3.63) is 24.3 Å². The Morgan fingerprint density at radius 3 is 2.90 bits per heavy atom. The third kappa shape index (κ3) is 4.72. The predicted octanol–water partition coefficient (Wildman–Crippen LogP) is 1.87. The minimum absolute atomic E-state index is 0.0546. The maximum atomic E-state index is 12.2. The van der Waals surface area contributed by atoms with E-state index in [1.807, 2.05) is 31.2 Å². The number of amides is 1. The van der Waals surface area contributed by atoms with Crippen molar-refractivity contribution in [2.75, 3.05) is 32.1 Å². The molecule has 1 heterocycles. The van der Waals surface area contributed by atoms with Gasteiger partial charge in [-0.1, -0.05) is 12.1 Å². The van der Waals surface area contributed by atoms with Gasteiger partial charge in [0.25, 0.3) is 0 Å². The van der Waals surface area contributed by atoms with Crippen LogP contribution >= 0.6 is 0 Å². The highest BCUT2D eigenvalue weighted by molar-refractivity contribution is 5.93. The van der Waals surface area contributed by atoms with E-state index in [0.717, 1.165) is 25.9 Å². The van der Waals surface area contributed by atoms with Crippen molar-refractivity contribution < 1.29 is 14.6 Å². The molecule has 5 heteroatoms. The number of aliphatic hydroxyl groups is 1. The summed E-state index contributed by atoms with van der Waals surface area (Å²) < 4.78 is 5.22. The first kappa shape index (κ1) is 15.8. The van der Waals surface area contributed by atoms with E-state index in [9.17, 15) is 9.90 Å². The van der Waals surface area contributed by atoms with E-state index in [4.69, 9.17) is 4.74 Å². The van der Waals surface area contributed by atoms with Crippen LogP contribution in [-0.4, -0.2) is 48.3 Å². The van der Waals surface area contributed by atoms with Gasteiger partial charge in [-0.15, -0.1) is 0 Å². The quantitative estimate of drug-likeness (QED) is 0.889. The summed E-state index contributed by atoms with van der Waals surface area (Å²) in [7, 11) is 1.59. The number of para-hydroxylation sites is 2. The first-order valence-electron chi connectivity index (χ1n) is 7.38. The van der Waals surface area contributed by atoms with Gasteiger partial charge < -0.3 is 15.2 Å². The number of rotatable bonds is 4. The van der Waals surface area contributed by atoms with Crippen LogP contribution in [0.15, 0.2) is 24.3 Å². The molecular formula is C16H24N2O3. The first-order valence-corrected chi connectivity index (χ1v) is 7.38. The summed E-state index contributed by atoms with van der Waals surface area (Å²) in [6.45, 7) is 3.79. The summed E-state index contributed by atoms with van der Waals surface area (Å²) in [5.41, 5.74) is 0.0836. The van der Waals surface area contributed by atoms with E-state index in [1.165, 1.54) is 0 Å². The van der Waals surface area contributed by atoms with Gasteiger partial charge in [0, 0.05) is 6.54 Å². The molecule has 1 fully saturated rings. The highest BCUT2D eigenvalue weighted by Gasteiger charge is 2.25. The molecule has 1 aliphatic rings. The van der Waals surface area contributed by atoms with Gasteiger partial charge >= 0.3 is 0 Å². The normalized spacial score (nSPS) is 23.4. The van der Waals surface area contributed by atoms with Gasteiger partial charge in [0.1, 0.15) is 5.75 Å². The molecule has 0 spiro atoms. The average molecular weight is 292 g/mol. The SMILES string of the molecule is COc1ccccc1NC(=O)CN1CCCC(C)(O)CC1. The molecule has 1 aliphatic heterocycles. The maximum Gasteiger partial charge on any atom is 0.238 e. The highest BCUT2D eigenvalue weighted by atomic mass is 16.5. The molecule has 1 aromatic carbocycles. The van der Waals surface area contributed by atoms with Crippen LogP contribution in [0.25, 0.3) is 0 Å². The van der Waals surface area contributed by atoms with Crippen molar-refractivity contribution >= 4 is 11.6 Å². The van der Waals surface area contributed by atoms with Crippen LogP contribution in [0.4, 0.5) is 5.69 Å². The fourth-order valence-electron chi connectivity index (χ4n) is 2.62.